The molecule has 2 aromatic rings. The fourth-order valence-corrected chi connectivity index (χ4v) is 2.57. The van der Waals surface area contributed by atoms with Gasteiger partial charge in [-0.2, -0.15) is 8.42 Å². The summed E-state index contributed by atoms with van der Waals surface area (Å²) < 4.78 is 26.5. The summed E-state index contributed by atoms with van der Waals surface area (Å²) in [6.45, 7) is 1.93. The summed E-state index contributed by atoms with van der Waals surface area (Å²) in [5.41, 5.74) is 7.25. The van der Waals surface area contributed by atoms with E-state index in [0.29, 0.717) is 5.69 Å². The molecule has 0 unspecified atom stereocenters. The van der Waals surface area contributed by atoms with Gasteiger partial charge in [-0.05, 0) is 31.2 Å². The number of nitrogens with one attached hydrogen (secondary N) is 1. The van der Waals surface area contributed by atoms with Crippen molar-refractivity contribution in [3.63, 3.8) is 0 Å². The smallest absolute Gasteiger partial charge is 0.281 e. The Bertz CT molecular complexity index is 651. The number of benzene rings is 1. The molecule has 3 N–H and O–H groups in total. The standard InChI is InChI=1S/C12H13N3O2S/c1-9-4-6-10(7-5-9)15-18(16,17)12-11(13)3-2-8-14-12/h2-8,15H,13H2,1H3. The zero-order valence-electron chi connectivity index (χ0n) is 9.79. The van der Waals surface area contributed by atoms with E-state index in [9.17, 15) is 8.42 Å². The number of nitrogens with zero attached hydrogens (tertiary/aromatic N) is 1. The van der Waals surface area contributed by atoms with E-state index in [-0.39, 0.29) is 10.7 Å². The first-order valence-electron chi connectivity index (χ1n) is 5.29. The highest BCUT2D eigenvalue weighted by molar-refractivity contribution is 7.92. The van der Waals surface area contributed by atoms with Crippen LogP contribution in [-0.2, 0) is 10.0 Å². The fraction of sp³-hybridized carbons (Fsp3) is 0.0833. The lowest BCUT2D eigenvalue weighted by Gasteiger charge is -2.09. The molecule has 5 nitrogen and oxygen atoms in total. The minimum atomic E-state index is -3.74. The van der Waals surface area contributed by atoms with Crippen molar-refractivity contribution in [1.82, 2.24) is 4.98 Å². The van der Waals surface area contributed by atoms with Gasteiger partial charge in [-0.15, -0.1) is 0 Å². The minimum Gasteiger partial charge on any atom is -0.396 e. The highest BCUT2D eigenvalue weighted by Crippen LogP contribution is 2.18. The van der Waals surface area contributed by atoms with E-state index in [1.807, 2.05) is 19.1 Å². The molecule has 18 heavy (non-hydrogen) atoms. The van der Waals surface area contributed by atoms with E-state index in [4.69, 9.17) is 5.73 Å². The second-order valence-electron chi connectivity index (χ2n) is 3.87. The third-order valence-corrected chi connectivity index (χ3v) is 3.71. The second kappa shape index (κ2) is 4.66. The van der Waals surface area contributed by atoms with Crippen LogP contribution in [0.5, 0.6) is 0 Å². The lowest BCUT2D eigenvalue weighted by atomic mass is 10.2. The summed E-state index contributed by atoms with van der Waals surface area (Å²) in [7, 11) is -3.74. The van der Waals surface area contributed by atoms with Gasteiger partial charge >= 0.3 is 0 Å². The van der Waals surface area contributed by atoms with E-state index in [1.54, 1.807) is 18.2 Å². The predicted molar refractivity (Wildman–Crippen MR) is 70.6 cm³/mol. The number of pyridine rings is 1. The normalized spacial score (nSPS) is 11.2. The van der Waals surface area contributed by atoms with Crippen LogP contribution in [0.25, 0.3) is 0 Å². The Hall–Kier alpha value is -2.08. The number of aryl methyl sites for hydroxylation is 1. The Kier molecular flexibility index (Phi) is 3.20. The van der Waals surface area contributed by atoms with Crippen molar-refractivity contribution < 1.29 is 8.42 Å². The van der Waals surface area contributed by atoms with E-state index < -0.39 is 10.0 Å². The Balaban J connectivity index is 2.33. The van der Waals surface area contributed by atoms with Crippen LogP contribution in [0.2, 0.25) is 0 Å². The molecule has 0 spiro atoms. The molecule has 0 aliphatic rings. The number of sulfonamides is 1. The maximum atomic E-state index is 12.1. The average molecular weight is 263 g/mol. The van der Waals surface area contributed by atoms with Crippen LogP contribution < -0.4 is 10.5 Å². The van der Waals surface area contributed by atoms with Crippen molar-refractivity contribution in [2.45, 2.75) is 11.9 Å². The highest BCUT2D eigenvalue weighted by atomic mass is 32.2. The number of aromatic nitrogens is 1. The van der Waals surface area contributed by atoms with Crippen LogP contribution in [0.1, 0.15) is 5.56 Å². The van der Waals surface area contributed by atoms with Gasteiger partial charge in [0.25, 0.3) is 10.0 Å². The van der Waals surface area contributed by atoms with E-state index in [2.05, 4.69) is 9.71 Å². The molecule has 0 atom stereocenters. The maximum Gasteiger partial charge on any atom is 0.281 e. The zero-order chi connectivity index (χ0) is 13.2. The monoisotopic (exact) mass is 263 g/mol. The van der Waals surface area contributed by atoms with Gasteiger partial charge in [-0.25, -0.2) is 4.98 Å². The Morgan fingerprint density at radius 2 is 1.83 bits per heavy atom. The Morgan fingerprint density at radius 1 is 1.17 bits per heavy atom. The van der Waals surface area contributed by atoms with Crippen LogP contribution in [0.4, 0.5) is 11.4 Å². The first-order chi connectivity index (χ1) is 8.49. The van der Waals surface area contributed by atoms with Gasteiger partial charge in [0.05, 0.1) is 5.69 Å². The number of hydrogen-bond donors (Lipinski definition) is 2. The molecule has 0 fully saturated rings. The minimum absolute atomic E-state index is 0.122. The number of rotatable bonds is 3. The number of anilines is 2. The maximum absolute atomic E-state index is 12.1. The van der Waals surface area contributed by atoms with Gasteiger partial charge in [0.1, 0.15) is 0 Å². The third kappa shape index (κ3) is 2.60. The van der Waals surface area contributed by atoms with Crippen molar-refractivity contribution in [3.05, 3.63) is 48.2 Å². The summed E-state index contributed by atoms with van der Waals surface area (Å²) in [6.07, 6.45) is 1.39. The molecule has 94 valence electrons. The summed E-state index contributed by atoms with van der Waals surface area (Å²) in [5.74, 6) is 0. The van der Waals surface area contributed by atoms with Gasteiger partial charge in [0, 0.05) is 11.9 Å². The Morgan fingerprint density at radius 3 is 2.44 bits per heavy atom. The van der Waals surface area contributed by atoms with Gasteiger partial charge in [-0.1, -0.05) is 17.7 Å². The van der Waals surface area contributed by atoms with Crippen LogP contribution in [-0.4, -0.2) is 13.4 Å². The lowest BCUT2D eigenvalue weighted by molar-refractivity contribution is 0.598. The van der Waals surface area contributed by atoms with Gasteiger partial charge in [-0.3, -0.25) is 4.72 Å². The first kappa shape index (κ1) is 12.4. The fourth-order valence-electron chi connectivity index (χ4n) is 1.45. The molecule has 0 aliphatic carbocycles. The third-order valence-electron chi connectivity index (χ3n) is 2.36. The van der Waals surface area contributed by atoms with Gasteiger partial charge in [0.2, 0.25) is 0 Å². The van der Waals surface area contributed by atoms with Crippen LogP contribution in [0.3, 0.4) is 0 Å². The summed E-state index contributed by atoms with van der Waals surface area (Å²) in [6, 6.07) is 10.1. The summed E-state index contributed by atoms with van der Waals surface area (Å²) in [4.78, 5) is 3.79. The highest BCUT2D eigenvalue weighted by Gasteiger charge is 2.18. The van der Waals surface area contributed by atoms with Crippen molar-refractivity contribution >= 4 is 21.4 Å². The molecule has 0 amide bonds. The van der Waals surface area contributed by atoms with Gasteiger partial charge in [0.15, 0.2) is 5.03 Å². The number of nitrogen functional groups attached to an aromatic ring is 1. The molecular weight excluding hydrogens is 250 g/mol. The van der Waals surface area contributed by atoms with Gasteiger partial charge < -0.3 is 5.73 Å². The molecule has 6 heteroatoms. The quantitative estimate of drug-likeness (QED) is 0.883. The molecule has 1 aromatic heterocycles. The number of nitrogens with two attached hydrogens (primary N) is 1. The SMILES string of the molecule is Cc1ccc(NS(=O)(=O)c2ncccc2N)cc1. The van der Waals surface area contributed by atoms with Crippen molar-refractivity contribution in [3.8, 4) is 0 Å². The lowest BCUT2D eigenvalue weighted by Crippen LogP contribution is -2.16. The van der Waals surface area contributed by atoms with E-state index in [1.165, 1.54) is 12.3 Å². The van der Waals surface area contributed by atoms with Crippen molar-refractivity contribution in [1.29, 1.82) is 0 Å². The largest absolute Gasteiger partial charge is 0.396 e. The van der Waals surface area contributed by atoms with Crippen LogP contribution in [0.15, 0.2) is 47.6 Å². The number of hydrogen-bond acceptors (Lipinski definition) is 4. The molecule has 0 saturated heterocycles. The van der Waals surface area contributed by atoms with E-state index >= 15 is 0 Å². The van der Waals surface area contributed by atoms with E-state index in [0.717, 1.165) is 5.56 Å². The zero-order valence-corrected chi connectivity index (χ0v) is 10.6. The molecule has 2 rings (SSSR count). The molecule has 0 aliphatic heterocycles. The van der Waals surface area contributed by atoms with Crippen LogP contribution in [0, 0.1) is 6.92 Å². The van der Waals surface area contributed by atoms with Crippen molar-refractivity contribution in [2.24, 2.45) is 0 Å². The molecule has 0 bridgehead atoms. The Labute approximate surface area is 106 Å². The molecule has 1 heterocycles. The van der Waals surface area contributed by atoms with Crippen LogP contribution >= 0.6 is 0 Å². The second-order valence-corrected chi connectivity index (χ2v) is 5.47. The predicted octanol–water partition coefficient (Wildman–Crippen LogP) is 1.77. The topological polar surface area (TPSA) is 85.1 Å². The van der Waals surface area contributed by atoms with Crippen molar-refractivity contribution in [2.75, 3.05) is 10.5 Å². The first-order valence-corrected chi connectivity index (χ1v) is 6.77. The average Bonchev–Trinajstić information content (AvgIpc) is 2.32. The molecular formula is C12H13N3O2S. The summed E-state index contributed by atoms with van der Waals surface area (Å²) in [5, 5.41) is -0.162. The summed E-state index contributed by atoms with van der Waals surface area (Å²) >= 11 is 0. The molecule has 0 radical (unpaired) electrons. The molecule has 1 aromatic carbocycles. The molecule has 0 saturated carbocycles.